The van der Waals surface area contributed by atoms with Crippen molar-refractivity contribution in [3.8, 4) is 0 Å². The van der Waals surface area contributed by atoms with E-state index in [0.29, 0.717) is 0 Å². The number of rotatable bonds is 6. The Morgan fingerprint density at radius 2 is 2.35 bits per heavy atom. The highest BCUT2D eigenvalue weighted by atomic mass is 32.1. The molecule has 0 radical (unpaired) electrons. The molecule has 0 saturated carbocycles. The van der Waals surface area contributed by atoms with Gasteiger partial charge in [-0.1, -0.05) is 6.07 Å². The van der Waals surface area contributed by atoms with Gasteiger partial charge in [-0.05, 0) is 18.4 Å². The van der Waals surface area contributed by atoms with Crippen LogP contribution < -0.4 is 11.1 Å². The van der Waals surface area contributed by atoms with Crippen molar-refractivity contribution in [3.05, 3.63) is 38.5 Å². The van der Waals surface area contributed by atoms with Gasteiger partial charge in [-0.25, -0.2) is 4.98 Å². The van der Waals surface area contributed by atoms with Crippen LogP contribution in [-0.4, -0.2) is 18.1 Å². The first-order chi connectivity index (χ1) is 8.25. The van der Waals surface area contributed by atoms with E-state index in [9.17, 15) is 0 Å². The highest BCUT2D eigenvalue weighted by molar-refractivity contribution is 7.10. The maximum Gasteiger partial charge on any atom is 0.0897 e. The second kappa shape index (κ2) is 6.26. The van der Waals surface area contributed by atoms with Crippen molar-refractivity contribution in [2.45, 2.75) is 19.4 Å². The number of nitrogens with two attached hydrogens (primary N) is 1. The summed E-state index contributed by atoms with van der Waals surface area (Å²) in [6.45, 7) is 3.79. The van der Waals surface area contributed by atoms with Crippen LogP contribution in [0.5, 0.6) is 0 Å². The number of nitrogens with one attached hydrogen (secondary N) is 1. The van der Waals surface area contributed by atoms with E-state index in [0.717, 1.165) is 24.5 Å². The summed E-state index contributed by atoms with van der Waals surface area (Å²) < 4.78 is 0. The Bertz CT molecular complexity index is 436. The van der Waals surface area contributed by atoms with Crippen molar-refractivity contribution in [2.24, 2.45) is 5.73 Å². The summed E-state index contributed by atoms with van der Waals surface area (Å²) in [5, 5.41) is 8.70. The van der Waals surface area contributed by atoms with Crippen molar-refractivity contribution >= 4 is 22.7 Å². The third kappa shape index (κ3) is 3.89. The third-order valence-electron chi connectivity index (χ3n) is 2.50. The molecule has 0 aliphatic rings. The molecule has 2 heterocycles. The zero-order valence-electron chi connectivity index (χ0n) is 9.85. The van der Waals surface area contributed by atoms with Crippen molar-refractivity contribution in [2.75, 3.05) is 13.1 Å². The minimum atomic E-state index is 0.104. The molecule has 0 fully saturated rings. The quantitative estimate of drug-likeness (QED) is 0.790. The highest BCUT2D eigenvalue weighted by Crippen LogP contribution is 2.15. The number of hydrogen-bond donors (Lipinski definition) is 2. The number of thiophene rings is 1. The van der Waals surface area contributed by atoms with Gasteiger partial charge in [0.25, 0.3) is 0 Å². The van der Waals surface area contributed by atoms with Crippen LogP contribution in [-0.2, 0) is 6.42 Å². The van der Waals surface area contributed by atoms with E-state index in [1.54, 1.807) is 22.7 Å². The lowest BCUT2D eigenvalue weighted by atomic mass is 10.2. The average molecular weight is 267 g/mol. The number of thiazole rings is 1. The summed E-state index contributed by atoms with van der Waals surface area (Å²) in [6, 6.07) is 4.23. The maximum atomic E-state index is 6.06. The molecule has 0 aromatic carbocycles. The van der Waals surface area contributed by atoms with E-state index in [-0.39, 0.29) is 6.04 Å². The number of hydrogen-bond acceptors (Lipinski definition) is 5. The van der Waals surface area contributed by atoms with Gasteiger partial charge in [0.2, 0.25) is 0 Å². The zero-order chi connectivity index (χ0) is 12.1. The fourth-order valence-corrected chi connectivity index (χ4v) is 2.98. The summed E-state index contributed by atoms with van der Waals surface area (Å²) >= 11 is 3.42. The summed E-state index contributed by atoms with van der Waals surface area (Å²) in [7, 11) is 0. The number of aromatic nitrogens is 1. The molecule has 5 heteroatoms. The van der Waals surface area contributed by atoms with Crippen LogP contribution in [0.2, 0.25) is 0 Å². The van der Waals surface area contributed by atoms with Gasteiger partial charge in [-0.15, -0.1) is 22.7 Å². The largest absolute Gasteiger partial charge is 0.322 e. The molecule has 0 aliphatic carbocycles. The third-order valence-corrected chi connectivity index (χ3v) is 4.32. The maximum absolute atomic E-state index is 6.06. The molecule has 0 spiro atoms. The first-order valence-corrected chi connectivity index (χ1v) is 7.42. The standard InChI is InChI=1S/C12H17N3S2/c1-9-15-10(8-17-9)4-5-14-7-11(13)12-3-2-6-16-12/h2-3,6,8,11,14H,4-5,7,13H2,1H3. The molecular weight excluding hydrogens is 250 g/mol. The van der Waals surface area contributed by atoms with Gasteiger partial charge in [0.15, 0.2) is 0 Å². The lowest BCUT2D eigenvalue weighted by Crippen LogP contribution is -2.27. The SMILES string of the molecule is Cc1nc(CCNCC(N)c2cccs2)cs1. The predicted octanol–water partition coefficient (Wildman–Crippen LogP) is 2.35. The van der Waals surface area contributed by atoms with E-state index in [4.69, 9.17) is 5.73 Å². The van der Waals surface area contributed by atoms with Crippen LogP contribution in [0.25, 0.3) is 0 Å². The van der Waals surface area contributed by atoms with Crippen LogP contribution in [0.4, 0.5) is 0 Å². The smallest absolute Gasteiger partial charge is 0.0897 e. The van der Waals surface area contributed by atoms with Crippen molar-refractivity contribution in [3.63, 3.8) is 0 Å². The van der Waals surface area contributed by atoms with Gasteiger partial charge >= 0.3 is 0 Å². The average Bonchev–Trinajstić information content (AvgIpc) is 2.95. The summed E-state index contributed by atoms with van der Waals surface area (Å²) in [5.41, 5.74) is 7.23. The van der Waals surface area contributed by atoms with Gasteiger partial charge in [0, 0.05) is 29.8 Å². The summed E-state index contributed by atoms with van der Waals surface area (Å²) in [4.78, 5) is 5.66. The van der Waals surface area contributed by atoms with Gasteiger partial charge < -0.3 is 11.1 Å². The van der Waals surface area contributed by atoms with Crippen LogP contribution in [0, 0.1) is 6.92 Å². The first kappa shape index (κ1) is 12.7. The first-order valence-electron chi connectivity index (χ1n) is 5.66. The Balaban J connectivity index is 1.66. The van der Waals surface area contributed by atoms with Gasteiger partial charge in [0.1, 0.15) is 0 Å². The summed E-state index contributed by atoms with van der Waals surface area (Å²) in [6.07, 6.45) is 0.974. The van der Waals surface area contributed by atoms with Crippen molar-refractivity contribution in [1.82, 2.24) is 10.3 Å². The topological polar surface area (TPSA) is 50.9 Å². The van der Waals surface area contributed by atoms with E-state index >= 15 is 0 Å². The fourth-order valence-electron chi connectivity index (χ4n) is 1.60. The van der Waals surface area contributed by atoms with Gasteiger partial charge in [-0.2, -0.15) is 0 Å². The fraction of sp³-hybridized carbons (Fsp3) is 0.417. The normalized spacial score (nSPS) is 12.8. The highest BCUT2D eigenvalue weighted by Gasteiger charge is 2.06. The zero-order valence-corrected chi connectivity index (χ0v) is 11.5. The van der Waals surface area contributed by atoms with E-state index < -0.39 is 0 Å². The van der Waals surface area contributed by atoms with Crippen molar-refractivity contribution < 1.29 is 0 Å². The van der Waals surface area contributed by atoms with E-state index in [1.807, 2.05) is 13.0 Å². The minimum absolute atomic E-state index is 0.104. The van der Waals surface area contributed by atoms with Crippen LogP contribution in [0.1, 0.15) is 21.6 Å². The Morgan fingerprint density at radius 3 is 3.00 bits per heavy atom. The molecule has 3 nitrogen and oxygen atoms in total. The minimum Gasteiger partial charge on any atom is -0.322 e. The predicted molar refractivity (Wildman–Crippen MR) is 74.7 cm³/mol. The Kier molecular flexibility index (Phi) is 4.67. The number of aryl methyl sites for hydroxylation is 1. The molecule has 2 aromatic rings. The molecule has 1 unspecified atom stereocenters. The molecule has 17 heavy (non-hydrogen) atoms. The van der Waals surface area contributed by atoms with Crippen LogP contribution >= 0.6 is 22.7 Å². The molecule has 0 amide bonds. The molecule has 0 aliphatic heterocycles. The second-order valence-corrected chi connectivity index (χ2v) is 5.98. The molecule has 0 saturated heterocycles. The van der Waals surface area contributed by atoms with E-state index in [2.05, 4.69) is 27.1 Å². The van der Waals surface area contributed by atoms with Gasteiger partial charge in [0.05, 0.1) is 16.7 Å². The monoisotopic (exact) mass is 267 g/mol. The molecule has 92 valence electrons. The Hall–Kier alpha value is -0.750. The van der Waals surface area contributed by atoms with Crippen molar-refractivity contribution in [1.29, 1.82) is 0 Å². The molecule has 1 atom stereocenters. The molecule has 3 N–H and O–H groups in total. The summed E-state index contributed by atoms with van der Waals surface area (Å²) in [5.74, 6) is 0. The van der Waals surface area contributed by atoms with Gasteiger partial charge in [-0.3, -0.25) is 0 Å². The lowest BCUT2D eigenvalue weighted by molar-refractivity contribution is 0.602. The van der Waals surface area contributed by atoms with E-state index in [1.165, 1.54) is 10.6 Å². The molecule has 2 aromatic heterocycles. The Morgan fingerprint density at radius 1 is 1.47 bits per heavy atom. The molecular formula is C12H17N3S2. The second-order valence-electron chi connectivity index (χ2n) is 3.93. The molecule has 2 rings (SSSR count). The Labute approximate surface area is 110 Å². The number of nitrogens with zero attached hydrogens (tertiary/aromatic N) is 1. The van der Waals surface area contributed by atoms with Crippen LogP contribution in [0.3, 0.4) is 0 Å². The lowest BCUT2D eigenvalue weighted by Gasteiger charge is -2.10. The molecule has 0 bridgehead atoms. The van der Waals surface area contributed by atoms with Crippen LogP contribution in [0.15, 0.2) is 22.9 Å².